The van der Waals surface area contributed by atoms with Crippen LogP contribution in [-0.2, 0) is 17.7 Å². The molecule has 0 unspecified atom stereocenters. The van der Waals surface area contributed by atoms with Gasteiger partial charge >= 0.3 is 5.97 Å². The lowest BCUT2D eigenvalue weighted by atomic mass is 9.93. The Morgan fingerprint density at radius 1 is 1.07 bits per heavy atom. The van der Waals surface area contributed by atoms with Crippen molar-refractivity contribution in [1.29, 1.82) is 0 Å². The van der Waals surface area contributed by atoms with E-state index in [4.69, 9.17) is 15.2 Å². The molecule has 46 heavy (non-hydrogen) atoms. The molecule has 1 fully saturated rings. The molecule has 0 bridgehead atoms. The molecule has 0 saturated carbocycles. The minimum absolute atomic E-state index is 0.00859. The van der Waals surface area contributed by atoms with Crippen molar-refractivity contribution in [2.45, 2.75) is 47.1 Å². The Bertz CT molecular complexity index is 1860. The highest BCUT2D eigenvalue weighted by atomic mass is 32.1. The van der Waals surface area contributed by atoms with Gasteiger partial charge in [0.2, 0.25) is 0 Å². The Morgan fingerprint density at radius 2 is 1.83 bits per heavy atom. The zero-order chi connectivity index (χ0) is 32.7. The van der Waals surface area contributed by atoms with Crippen LogP contribution in [0.5, 0.6) is 5.75 Å². The maximum absolute atomic E-state index is 14.3. The fraction of sp³-hybridized carbons (Fsp3) is 0.333. The number of hydrogen-bond donors (Lipinski definition) is 2. The number of thiophene rings is 1. The minimum atomic E-state index is -0.710. The zero-order valence-corrected chi connectivity index (χ0v) is 27.6. The van der Waals surface area contributed by atoms with Crippen molar-refractivity contribution in [3.05, 3.63) is 87.0 Å². The summed E-state index contributed by atoms with van der Waals surface area (Å²) in [6.07, 6.45) is 1.61. The molecule has 4 heterocycles. The van der Waals surface area contributed by atoms with Gasteiger partial charge in [-0.1, -0.05) is 26.0 Å². The number of aromatic nitrogens is 1. The van der Waals surface area contributed by atoms with Crippen LogP contribution in [0.2, 0.25) is 0 Å². The topological polar surface area (TPSA) is 124 Å². The standard InChI is InChI=1S/C36H38N4O5S/c1-20-14-22(18-37)15-21(2)30(20)39-33(41)26-16-27-29(45-12-8-23-9-13-46-32(23)27)17-25(26)24-6-7-28(38-31(24)35(43)44-5)34(42)40-11-10-36(3,4)19-40/h6-7,9,13-17H,8,10-12,18-19,37H2,1-5H3,(H,39,41). The van der Waals surface area contributed by atoms with E-state index in [0.29, 0.717) is 54.4 Å². The molecule has 1 saturated heterocycles. The molecule has 6 rings (SSSR count). The third kappa shape index (κ3) is 5.90. The van der Waals surface area contributed by atoms with Crippen molar-refractivity contribution in [3.63, 3.8) is 0 Å². The molecule has 0 atom stereocenters. The number of amides is 2. The third-order valence-corrected chi connectivity index (χ3v) is 9.79. The predicted octanol–water partition coefficient (Wildman–Crippen LogP) is 6.40. The van der Waals surface area contributed by atoms with E-state index in [2.05, 4.69) is 30.2 Å². The molecule has 10 heteroatoms. The highest BCUT2D eigenvalue weighted by Crippen LogP contribution is 2.43. The summed E-state index contributed by atoms with van der Waals surface area (Å²) < 4.78 is 11.4. The molecule has 2 aliphatic heterocycles. The average molecular weight is 639 g/mol. The van der Waals surface area contributed by atoms with Crippen LogP contribution in [0.1, 0.15) is 73.9 Å². The first-order valence-electron chi connectivity index (χ1n) is 15.4. The number of carbonyl (C=O) groups is 3. The van der Waals surface area contributed by atoms with Crippen molar-refractivity contribution >= 4 is 34.8 Å². The van der Waals surface area contributed by atoms with E-state index in [9.17, 15) is 14.4 Å². The number of aryl methyl sites for hydroxylation is 2. The molecular weight excluding hydrogens is 600 g/mol. The van der Waals surface area contributed by atoms with E-state index in [1.54, 1.807) is 34.4 Å². The number of nitrogens with zero attached hydrogens (tertiary/aromatic N) is 2. The predicted molar refractivity (Wildman–Crippen MR) is 180 cm³/mol. The summed E-state index contributed by atoms with van der Waals surface area (Å²) in [4.78, 5) is 48.4. The number of nitrogens with one attached hydrogen (secondary N) is 1. The molecule has 4 aromatic rings. The van der Waals surface area contributed by atoms with Crippen molar-refractivity contribution in [2.24, 2.45) is 11.1 Å². The van der Waals surface area contributed by atoms with Crippen molar-refractivity contribution in [2.75, 3.05) is 32.1 Å². The number of benzene rings is 2. The first-order chi connectivity index (χ1) is 22.0. The summed E-state index contributed by atoms with van der Waals surface area (Å²) >= 11 is 1.59. The van der Waals surface area contributed by atoms with Gasteiger partial charge < -0.3 is 25.4 Å². The molecule has 238 valence electrons. The maximum Gasteiger partial charge on any atom is 0.357 e. The highest BCUT2D eigenvalue weighted by molar-refractivity contribution is 7.13. The first-order valence-corrected chi connectivity index (χ1v) is 16.3. The SMILES string of the molecule is COC(=O)c1nc(C(=O)N2CCC(C)(C)C2)ccc1-c1cc2c(cc1C(=O)Nc1c(C)cc(CN)cc1C)-c1sccc1CCO2. The Hall–Kier alpha value is -4.54. The minimum Gasteiger partial charge on any atom is -0.493 e. The molecule has 2 aromatic carbocycles. The summed E-state index contributed by atoms with van der Waals surface area (Å²) in [6.45, 7) is 10.2. The molecule has 3 N–H and O–H groups in total. The molecule has 2 aliphatic rings. The number of rotatable bonds is 6. The van der Waals surface area contributed by atoms with Crippen LogP contribution in [-0.4, -0.2) is 54.5 Å². The van der Waals surface area contributed by atoms with Gasteiger partial charge in [0.1, 0.15) is 11.4 Å². The third-order valence-electron chi connectivity index (χ3n) is 8.80. The summed E-state index contributed by atoms with van der Waals surface area (Å²) in [5, 5.41) is 5.16. The Kier molecular flexibility index (Phi) is 8.43. The summed E-state index contributed by atoms with van der Waals surface area (Å²) in [5.74, 6) is -0.717. The summed E-state index contributed by atoms with van der Waals surface area (Å²) in [6, 6.07) is 12.9. The van der Waals surface area contributed by atoms with Crippen LogP contribution in [0.25, 0.3) is 21.6 Å². The van der Waals surface area contributed by atoms with Gasteiger partial charge in [-0.05, 0) is 83.6 Å². The Balaban J connectivity index is 1.50. The van der Waals surface area contributed by atoms with Gasteiger partial charge in [-0.25, -0.2) is 9.78 Å². The number of hydrogen-bond acceptors (Lipinski definition) is 8. The van der Waals surface area contributed by atoms with E-state index in [1.165, 1.54) is 7.11 Å². The monoisotopic (exact) mass is 638 g/mol. The van der Waals surface area contributed by atoms with Crippen molar-refractivity contribution in [1.82, 2.24) is 9.88 Å². The number of esters is 1. The summed E-state index contributed by atoms with van der Waals surface area (Å²) in [5.41, 5.74) is 12.5. The number of fused-ring (bicyclic) bond motifs is 3. The molecule has 9 nitrogen and oxygen atoms in total. The van der Waals surface area contributed by atoms with Crippen LogP contribution in [0.15, 0.2) is 47.8 Å². The van der Waals surface area contributed by atoms with Gasteiger partial charge in [0.25, 0.3) is 11.8 Å². The number of nitrogens with two attached hydrogens (primary N) is 1. The second kappa shape index (κ2) is 12.3. The van der Waals surface area contributed by atoms with Gasteiger partial charge in [0.15, 0.2) is 5.69 Å². The Morgan fingerprint density at radius 3 is 2.50 bits per heavy atom. The van der Waals surface area contributed by atoms with E-state index in [1.807, 2.05) is 37.4 Å². The van der Waals surface area contributed by atoms with E-state index >= 15 is 0 Å². The number of ether oxygens (including phenoxy) is 2. The van der Waals surface area contributed by atoms with Crippen LogP contribution in [0.4, 0.5) is 5.69 Å². The molecule has 0 radical (unpaired) electrons. The van der Waals surface area contributed by atoms with Crippen LogP contribution in [0.3, 0.4) is 0 Å². The number of likely N-dealkylation sites (tertiary alicyclic amines) is 1. The van der Waals surface area contributed by atoms with Crippen LogP contribution >= 0.6 is 11.3 Å². The number of anilines is 1. The second-order valence-electron chi connectivity index (χ2n) is 12.8. The van der Waals surface area contributed by atoms with Gasteiger partial charge in [-0.3, -0.25) is 9.59 Å². The lowest BCUT2D eigenvalue weighted by Crippen LogP contribution is -2.31. The molecule has 2 aromatic heterocycles. The lowest BCUT2D eigenvalue weighted by molar-refractivity contribution is 0.0594. The fourth-order valence-electron chi connectivity index (χ4n) is 6.37. The fourth-order valence-corrected chi connectivity index (χ4v) is 7.35. The van der Waals surface area contributed by atoms with Crippen molar-refractivity contribution < 1.29 is 23.9 Å². The Labute approximate surface area is 272 Å². The van der Waals surface area contributed by atoms with E-state index < -0.39 is 5.97 Å². The smallest absolute Gasteiger partial charge is 0.357 e. The van der Waals surface area contributed by atoms with E-state index in [0.717, 1.165) is 45.5 Å². The number of carbonyl (C=O) groups excluding carboxylic acids is 3. The largest absolute Gasteiger partial charge is 0.493 e. The van der Waals surface area contributed by atoms with Gasteiger partial charge in [-0.15, -0.1) is 11.3 Å². The van der Waals surface area contributed by atoms with Crippen LogP contribution in [0, 0.1) is 19.3 Å². The molecule has 2 amide bonds. The zero-order valence-electron chi connectivity index (χ0n) is 26.8. The van der Waals surface area contributed by atoms with Crippen molar-refractivity contribution in [3.8, 4) is 27.3 Å². The lowest BCUT2D eigenvalue weighted by Gasteiger charge is -2.21. The molecular formula is C36H38N4O5S. The number of methoxy groups -OCH3 is 1. The van der Waals surface area contributed by atoms with E-state index in [-0.39, 0.29) is 28.6 Å². The van der Waals surface area contributed by atoms with Gasteiger partial charge in [0.05, 0.1) is 13.7 Å². The highest BCUT2D eigenvalue weighted by Gasteiger charge is 2.34. The quantitative estimate of drug-likeness (QED) is 0.234. The summed E-state index contributed by atoms with van der Waals surface area (Å²) in [7, 11) is 1.27. The average Bonchev–Trinajstić information content (AvgIpc) is 3.62. The van der Waals surface area contributed by atoms with Crippen LogP contribution < -0.4 is 15.8 Å². The molecule has 0 spiro atoms. The van der Waals surface area contributed by atoms with Gasteiger partial charge in [-0.2, -0.15) is 0 Å². The normalized spacial score (nSPS) is 15.0. The maximum atomic E-state index is 14.3. The molecule has 0 aliphatic carbocycles. The van der Waals surface area contributed by atoms with Gasteiger partial charge in [0, 0.05) is 58.9 Å². The first kappa shape index (κ1) is 31.4. The number of pyridine rings is 1. The second-order valence-corrected chi connectivity index (χ2v) is 13.7.